The lowest BCUT2D eigenvalue weighted by Crippen LogP contribution is -2.57. The summed E-state index contributed by atoms with van der Waals surface area (Å²) >= 11 is 0. The van der Waals surface area contributed by atoms with E-state index in [0.29, 0.717) is 0 Å². The minimum Gasteiger partial charge on any atom is -0.480 e. The van der Waals surface area contributed by atoms with Crippen molar-refractivity contribution in [1.82, 2.24) is 15.2 Å². The summed E-state index contributed by atoms with van der Waals surface area (Å²) in [5.74, 6) is -1.49. The van der Waals surface area contributed by atoms with Crippen LogP contribution in [-0.4, -0.2) is 44.9 Å². The average molecular weight is 518 g/mol. The van der Waals surface area contributed by atoms with Gasteiger partial charge in [-0.15, -0.1) is 12.3 Å². The standard InChI is InChI=1S/C32H27N3O4/c1-2-3-17-35-29(36)26-27(30(35)37)32(31(38)39,18-23-19-33-25-12-8-7-11-24(23)25)34-28(26)22-15-13-21(14-16-22)20-9-5-4-6-10-20/h1,4-16,19,26-28,33-34H,3,17-18H2,(H,38,39). The molecule has 2 fully saturated rings. The van der Waals surface area contributed by atoms with Gasteiger partial charge in [0.2, 0.25) is 11.8 Å². The van der Waals surface area contributed by atoms with Crippen molar-refractivity contribution < 1.29 is 19.5 Å². The summed E-state index contributed by atoms with van der Waals surface area (Å²) in [7, 11) is 0. The fourth-order valence-electron chi connectivity index (χ4n) is 6.27. The zero-order valence-electron chi connectivity index (χ0n) is 21.1. The maximum atomic E-state index is 13.8. The molecule has 6 rings (SSSR count). The number of aromatic amines is 1. The van der Waals surface area contributed by atoms with E-state index in [1.165, 1.54) is 0 Å². The molecule has 3 N–H and O–H groups in total. The van der Waals surface area contributed by atoms with Crippen LogP contribution in [0.1, 0.15) is 23.6 Å². The molecule has 2 aliphatic rings. The van der Waals surface area contributed by atoms with E-state index in [1.54, 1.807) is 6.20 Å². The van der Waals surface area contributed by atoms with Gasteiger partial charge in [0.25, 0.3) is 0 Å². The van der Waals surface area contributed by atoms with E-state index in [2.05, 4.69) is 16.2 Å². The number of carboxylic acids is 1. The zero-order chi connectivity index (χ0) is 27.1. The van der Waals surface area contributed by atoms with Crippen molar-refractivity contribution >= 4 is 28.7 Å². The third-order valence-electron chi connectivity index (χ3n) is 8.13. The molecule has 2 aliphatic heterocycles. The second-order valence-corrected chi connectivity index (χ2v) is 10.2. The number of H-pyrrole nitrogens is 1. The number of hydrogen-bond donors (Lipinski definition) is 3. The van der Waals surface area contributed by atoms with Gasteiger partial charge in [0.05, 0.1) is 11.8 Å². The maximum Gasteiger partial charge on any atom is 0.325 e. The van der Waals surface area contributed by atoms with Gasteiger partial charge in [-0.2, -0.15) is 0 Å². The monoisotopic (exact) mass is 517 g/mol. The summed E-state index contributed by atoms with van der Waals surface area (Å²) in [5.41, 5.74) is 2.76. The Morgan fingerprint density at radius 1 is 0.949 bits per heavy atom. The first-order valence-corrected chi connectivity index (χ1v) is 12.9. The van der Waals surface area contributed by atoms with Gasteiger partial charge in [0.1, 0.15) is 5.54 Å². The number of likely N-dealkylation sites (tertiary alicyclic amines) is 1. The number of carbonyl (C=O) groups excluding carboxylic acids is 2. The van der Waals surface area contributed by atoms with Gasteiger partial charge in [-0.1, -0.05) is 72.8 Å². The van der Waals surface area contributed by atoms with Gasteiger partial charge < -0.3 is 10.1 Å². The fourth-order valence-corrected chi connectivity index (χ4v) is 6.27. The predicted octanol–water partition coefficient (Wildman–Crippen LogP) is 4.17. The number of aliphatic carboxylic acids is 1. The Balaban J connectivity index is 1.44. The number of carbonyl (C=O) groups is 3. The Hall–Kier alpha value is -4.67. The van der Waals surface area contributed by atoms with Crippen molar-refractivity contribution in [2.45, 2.75) is 24.4 Å². The molecule has 7 heteroatoms. The highest BCUT2D eigenvalue weighted by atomic mass is 16.4. The lowest BCUT2D eigenvalue weighted by Gasteiger charge is -2.31. The second kappa shape index (κ2) is 9.57. The largest absolute Gasteiger partial charge is 0.480 e. The molecule has 4 aromatic rings. The van der Waals surface area contributed by atoms with Crippen molar-refractivity contribution in [2.75, 3.05) is 6.54 Å². The van der Waals surface area contributed by atoms with E-state index in [0.717, 1.165) is 38.1 Å². The molecular weight excluding hydrogens is 490 g/mol. The normalized spacial score (nSPS) is 24.2. The summed E-state index contributed by atoms with van der Waals surface area (Å²) in [6.45, 7) is 0.0730. The van der Waals surface area contributed by atoms with Gasteiger partial charge in [0.15, 0.2) is 0 Å². The average Bonchev–Trinajstić information content (AvgIpc) is 3.60. The number of benzene rings is 3. The first-order chi connectivity index (χ1) is 18.9. The van der Waals surface area contributed by atoms with E-state index in [-0.39, 0.29) is 25.3 Å². The lowest BCUT2D eigenvalue weighted by molar-refractivity contribution is -0.151. The minimum absolute atomic E-state index is 0.0358. The minimum atomic E-state index is -1.68. The van der Waals surface area contributed by atoms with Gasteiger partial charge in [-0.3, -0.25) is 24.6 Å². The first kappa shape index (κ1) is 24.7. The van der Waals surface area contributed by atoms with Crippen LogP contribution in [0.3, 0.4) is 0 Å². The van der Waals surface area contributed by atoms with Crippen molar-refractivity contribution in [3.8, 4) is 23.5 Å². The van der Waals surface area contributed by atoms with Crippen LogP contribution in [0.4, 0.5) is 0 Å². The van der Waals surface area contributed by atoms with Crippen LogP contribution < -0.4 is 5.32 Å². The highest BCUT2D eigenvalue weighted by Crippen LogP contribution is 2.50. The molecule has 0 spiro atoms. The molecule has 3 aromatic carbocycles. The van der Waals surface area contributed by atoms with Crippen molar-refractivity contribution in [1.29, 1.82) is 0 Å². The number of terminal acetylenes is 1. The molecule has 7 nitrogen and oxygen atoms in total. The fraction of sp³-hybridized carbons (Fsp3) is 0.219. The Labute approximate surface area is 225 Å². The topological polar surface area (TPSA) is 102 Å². The van der Waals surface area contributed by atoms with Crippen LogP contribution in [0.25, 0.3) is 22.0 Å². The lowest BCUT2D eigenvalue weighted by atomic mass is 9.76. The molecule has 194 valence electrons. The first-order valence-electron chi connectivity index (χ1n) is 12.9. The highest BCUT2D eigenvalue weighted by molar-refractivity contribution is 6.09. The molecule has 3 heterocycles. The molecule has 0 radical (unpaired) electrons. The summed E-state index contributed by atoms with van der Waals surface area (Å²) in [5, 5.41) is 14.9. The second-order valence-electron chi connectivity index (χ2n) is 10.2. The molecular formula is C32H27N3O4. The van der Waals surface area contributed by atoms with Crippen LogP contribution in [0.15, 0.2) is 85.1 Å². The quantitative estimate of drug-likeness (QED) is 0.252. The number of fused-ring (bicyclic) bond motifs is 2. The molecule has 0 saturated carbocycles. The van der Waals surface area contributed by atoms with E-state index >= 15 is 0 Å². The molecule has 0 bridgehead atoms. The van der Waals surface area contributed by atoms with Crippen molar-refractivity contribution in [2.24, 2.45) is 11.8 Å². The number of imide groups is 1. The van der Waals surface area contributed by atoms with Crippen molar-refractivity contribution in [3.05, 3.63) is 96.2 Å². The third-order valence-corrected chi connectivity index (χ3v) is 8.13. The van der Waals surface area contributed by atoms with Crippen LogP contribution >= 0.6 is 0 Å². The van der Waals surface area contributed by atoms with Crippen molar-refractivity contribution in [3.63, 3.8) is 0 Å². The Morgan fingerprint density at radius 3 is 2.36 bits per heavy atom. The zero-order valence-corrected chi connectivity index (χ0v) is 21.1. The number of hydrogen-bond acceptors (Lipinski definition) is 4. The number of carboxylic acid groups (broad SMARTS) is 1. The number of nitrogens with zero attached hydrogens (tertiary/aromatic N) is 1. The summed E-state index contributed by atoms with van der Waals surface area (Å²) in [6, 6.07) is 24.6. The molecule has 0 aliphatic carbocycles. The van der Waals surface area contributed by atoms with Gasteiger partial charge >= 0.3 is 5.97 Å². The molecule has 4 unspecified atom stereocenters. The maximum absolute atomic E-state index is 13.8. The molecule has 4 atom stereocenters. The molecule has 1 aromatic heterocycles. The Kier molecular flexibility index (Phi) is 6.05. The number of nitrogens with one attached hydrogen (secondary N) is 2. The van der Waals surface area contributed by atoms with Gasteiger partial charge in [-0.05, 0) is 28.3 Å². The Bertz CT molecular complexity index is 1620. The van der Waals surface area contributed by atoms with Gasteiger partial charge in [0, 0.05) is 42.5 Å². The van der Waals surface area contributed by atoms with E-state index in [1.807, 2.05) is 78.9 Å². The SMILES string of the molecule is C#CCCN1C(=O)C2C(c3ccc(-c4ccccc4)cc3)NC(Cc3c[nH]c4ccccc34)(C(=O)O)C2C1=O. The highest BCUT2D eigenvalue weighted by Gasteiger charge is 2.68. The molecule has 39 heavy (non-hydrogen) atoms. The van der Waals surface area contributed by atoms with E-state index in [9.17, 15) is 19.5 Å². The molecule has 2 saturated heterocycles. The predicted molar refractivity (Wildman–Crippen MR) is 147 cm³/mol. The van der Waals surface area contributed by atoms with Crippen LogP contribution in [0.2, 0.25) is 0 Å². The van der Waals surface area contributed by atoms with Crippen LogP contribution in [-0.2, 0) is 20.8 Å². The summed E-state index contributed by atoms with van der Waals surface area (Å²) < 4.78 is 0. The molecule has 2 amide bonds. The van der Waals surface area contributed by atoms with E-state index in [4.69, 9.17) is 6.42 Å². The summed E-state index contributed by atoms with van der Waals surface area (Å²) in [6.07, 6.45) is 7.46. The smallest absolute Gasteiger partial charge is 0.325 e. The number of rotatable bonds is 7. The number of para-hydroxylation sites is 1. The van der Waals surface area contributed by atoms with Crippen LogP contribution in [0.5, 0.6) is 0 Å². The number of aromatic nitrogens is 1. The van der Waals surface area contributed by atoms with Crippen LogP contribution in [0, 0.1) is 24.2 Å². The third kappa shape index (κ3) is 3.92. The number of amides is 2. The van der Waals surface area contributed by atoms with E-state index < -0.39 is 35.3 Å². The summed E-state index contributed by atoms with van der Waals surface area (Å²) in [4.78, 5) is 44.9. The van der Waals surface area contributed by atoms with Gasteiger partial charge in [-0.25, -0.2) is 0 Å². The Morgan fingerprint density at radius 2 is 1.64 bits per heavy atom.